The summed E-state index contributed by atoms with van der Waals surface area (Å²) in [5.41, 5.74) is 0. The van der Waals surface area contributed by atoms with Gasteiger partial charge in [0.25, 0.3) is 0 Å². The van der Waals surface area contributed by atoms with Crippen LogP contribution in [0.3, 0.4) is 0 Å². The van der Waals surface area contributed by atoms with E-state index in [0.717, 1.165) is 0 Å². The minimum absolute atomic E-state index is 2.79. The Labute approximate surface area is 243 Å². The van der Waals surface area contributed by atoms with E-state index in [1.807, 2.05) is 0 Å². The third-order valence-corrected chi connectivity index (χ3v) is 6.18. The molecule has 0 saturated heterocycles. The molecule has 0 bridgehead atoms. The fourth-order valence-corrected chi connectivity index (χ4v) is 3.22. The van der Waals surface area contributed by atoms with Crippen molar-refractivity contribution in [1.29, 1.82) is 0 Å². The molecule has 3 nitrogen and oxygen atoms in total. The summed E-state index contributed by atoms with van der Waals surface area (Å²) in [7, 11) is -5.80. The molecule has 0 aromatic rings. The zero-order valence-corrected chi connectivity index (χ0v) is 21.9. The van der Waals surface area contributed by atoms with Crippen LogP contribution in [0.15, 0.2) is 0 Å². The number of hydrogen-bond acceptors (Lipinski definition) is 3. The van der Waals surface area contributed by atoms with Crippen molar-refractivity contribution in [3.8, 4) is 0 Å². The Bertz CT molecular complexity index is 1050. The van der Waals surface area contributed by atoms with E-state index in [9.17, 15) is 127 Å². The lowest BCUT2D eigenvalue weighted by Gasteiger charge is -2.40. The van der Waals surface area contributed by atoms with E-state index < -0.39 is 105 Å². The zero-order valence-electron chi connectivity index (χ0n) is 20.9. The molecule has 0 heterocycles. The summed E-state index contributed by atoms with van der Waals surface area (Å²) < 4.78 is 380. The van der Waals surface area contributed by atoms with Gasteiger partial charge in [0.2, 0.25) is 12.7 Å². The first-order chi connectivity index (χ1) is 20.4. The van der Waals surface area contributed by atoms with Gasteiger partial charge < -0.3 is 0 Å². The zero-order chi connectivity index (χ0) is 39.6. The number of hydrogen-bond donors (Lipinski definition) is 0. The van der Waals surface area contributed by atoms with Gasteiger partial charge in [-0.15, -0.1) is 0 Å². The Morgan fingerprint density at radius 1 is 0.354 bits per heavy atom. The lowest BCUT2D eigenvalue weighted by molar-refractivity contribution is -0.441. The van der Waals surface area contributed by atoms with Gasteiger partial charge in [0.1, 0.15) is 0 Å². The third-order valence-electron chi connectivity index (χ3n) is 5.28. The Hall–Kier alpha value is -1.81. The first-order valence-corrected chi connectivity index (χ1v) is 11.7. The highest BCUT2D eigenvalue weighted by molar-refractivity contribution is 7.33. The van der Waals surface area contributed by atoms with Crippen LogP contribution in [0.5, 0.6) is 0 Å². The molecule has 48 heavy (non-hydrogen) atoms. The standard InChI is InChI=1S/C16H7F28O3P/c17-3(1-5(19,20)7(23,24)9(27,28)11(31,32)13(35,36)15(39,40)41)46-48(45)47-4(18)2-6(21,22)8(25,26)10(29,30)12(33,34)14(37,38)16(42,43)44/h3-4,48H,1-2H2. The summed E-state index contributed by atoms with van der Waals surface area (Å²) in [4.78, 5) is 0. The highest BCUT2D eigenvalue weighted by Gasteiger charge is 2.92. The Morgan fingerprint density at radius 2 is 0.542 bits per heavy atom. The van der Waals surface area contributed by atoms with Gasteiger partial charge in [-0.1, -0.05) is 0 Å². The molecule has 0 radical (unpaired) electrons. The Morgan fingerprint density at radius 3 is 0.729 bits per heavy atom. The average molecular weight is 810 g/mol. The molecule has 0 aromatic carbocycles. The molecule has 32 heteroatoms. The predicted molar refractivity (Wildman–Crippen MR) is 91.8 cm³/mol. The van der Waals surface area contributed by atoms with Crippen LogP contribution in [0.4, 0.5) is 123 Å². The third kappa shape index (κ3) is 7.31. The average Bonchev–Trinajstić information content (AvgIpc) is 2.80. The summed E-state index contributed by atoms with van der Waals surface area (Å²) in [6, 6.07) is 0. The van der Waals surface area contributed by atoms with E-state index in [1.165, 1.54) is 0 Å². The first-order valence-electron chi connectivity index (χ1n) is 10.5. The smallest absolute Gasteiger partial charge is 0.275 e. The van der Waals surface area contributed by atoms with Crippen LogP contribution in [0, 0.1) is 0 Å². The van der Waals surface area contributed by atoms with Crippen LogP contribution < -0.4 is 0 Å². The van der Waals surface area contributed by atoms with Crippen molar-refractivity contribution >= 4 is 8.25 Å². The molecule has 0 spiro atoms. The SMILES string of the molecule is O=[PH](OC(F)CC(F)(F)C(F)(F)C(F)(F)C(F)(F)C(F)(F)C(F)(F)F)OC(F)CC(F)(F)C(F)(F)C(F)(F)C(F)(F)C(F)(F)C(F)(F)F. The minimum Gasteiger partial charge on any atom is -0.275 e. The number of halogens is 28. The predicted octanol–water partition coefficient (Wildman–Crippen LogP) is 10.3. The number of rotatable bonds is 16. The summed E-state index contributed by atoms with van der Waals surface area (Å²) in [6.45, 7) is 0. The molecular formula is C16H7F28O3P. The van der Waals surface area contributed by atoms with Crippen LogP contribution in [0.2, 0.25) is 0 Å². The van der Waals surface area contributed by atoms with Crippen molar-refractivity contribution < 1.29 is 137 Å². The number of alkyl halides is 28. The second kappa shape index (κ2) is 12.8. The second-order valence-corrected chi connectivity index (χ2v) is 9.69. The molecule has 0 aliphatic heterocycles. The van der Waals surface area contributed by atoms with Crippen LogP contribution in [-0.2, 0) is 13.6 Å². The van der Waals surface area contributed by atoms with E-state index >= 15 is 0 Å². The van der Waals surface area contributed by atoms with E-state index in [4.69, 9.17) is 0 Å². The normalized spacial score (nSPS) is 18.2. The summed E-state index contributed by atoms with van der Waals surface area (Å²) in [5, 5.41) is 0. The van der Waals surface area contributed by atoms with Crippen molar-refractivity contribution in [3.63, 3.8) is 0 Å². The fourth-order valence-electron chi connectivity index (χ4n) is 2.58. The van der Waals surface area contributed by atoms with E-state index in [0.29, 0.717) is 0 Å². The highest BCUT2D eigenvalue weighted by atomic mass is 31.1. The molecule has 0 amide bonds. The van der Waals surface area contributed by atoms with E-state index in [2.05, 4.69) is 9.05 Å². The highest BCUT2D eigenvalue weighted by Crippen LogP contribution is 2.62. The van der Waals surface area contributed by atoms with Gasteiger partial charge in [0.05, 0.1) is 12.8 Å². The molecule has 2 unspecified atom stereocenters. The summed E-state index contributed by atoms with van der Waals surface area (Å²) >= 11 is 0. The molecule has 0 aliphatic rings. The second-order valence-electron chi connectivity index (χ2n) is 8.71. The van der Waals surface area contributed by atoms with Crippen molar-refractivity contribution in [2.75, 3.05) is 0 Å². The van der Waals surface area contributed by atoms with E-state index in [1.54, 1.807) is 0 Å². The fraction of sp³-hybridized carbons (Fsp3) is 1.00. The van der Waals surface area contributed by atoms with Crippen molar-refractivity contribution in [2.45, 2.75) is 97.1 Å². The lowest BCUT2D eigenvalue weighted by atomic mass is 9.92. The Kier molecular flexibility index (Phi) is 12.3. The summed E-state index contributed by atoms with van der Waals surface area (Å²) in [5.74, 6) is -81.5. The van der Waals surface area contributed by atoms with Crippen molar-refractivity contribution in [1.82, 2.24) is 0 Å². The van der Waals surface area contributed by atoms with E-state index in [-0.39, 0.29) is 0 Å². The molecule has 0 fully saturated rings. The molecule has 0 rings (SSSR count). The first kappa shape index (κ1) is 46.2. The maximum absolute atomic E-state index is 13.5. The van der Waals surface area contributed by atoms with Gasteiger partial charge in [-0.25, -0.2) is 8.78 Å². The van der Waals surface area contributed by atoms with Crippen molar-refractivity contribution in [3.05, 3.63) is 0 Å². The molecule has 2 atom stereocenters. The maximum atomic E-state index is 13.5. The van der Waals surface area contributed by atoms with Gasteiger partial charge >= 0.3 is 79.8 Å². The molecule has 0 aliphatic carbocycles. The van der Waals surface area contributed by atoms with Crippen LogP contribution >= 0.6 is 8.25 Å². The van der Waals surface area contributed by atoms with Gasteiger partial charge in [0, 0.05) is 0 Å². The lowest BCUT2D eigenvalue weighted by Crippen LogP contribution is -2.70. The van der Waals surface area contributed by atoms with Crippen LogP contribution in [0.1, 0.15) is 12.8 Å². The van der Waals surface area contributed by atoms with Crippen LogP contribution in [-0.4, -0.2) is 84.3 Å². The molecular weight excluding hydrogens is 803 g/mol. The quantitative estimate of drug-likeness (QED) is 0.115. The maximum Gasteiger partial charge on any atom is 0.460 e. The molecule has 0 N–H and O–H groups in total. The van der Waals surface area contributed by atoms with Gasteiger partial charge in [0.15, 0.2) is 0 Å². The van der Waals surface area contributed by atoms with Gasteiger partial charge in [-0.2, -0.15) is 114 Å². The minimum atomic E-state index is -8.51. The Balaban J connectivity index is 5.97. The van der Waals surface area contributed by atoms with Gasteiger partial charge in [-0.05, 0) is 0 Å². The molecule has 0 aromatic heterocycles. The van der Waals surface area contributed by atoms with Gasteiger partial charge in [-0.3, -0.25) is 13.6 Å². The molecule has 290 valence electrons. The molecule has 0 saturated carbocycles. The largest absolute Gasteiger partial charge is 0.460 e. The summed E-state index contributed by atoms with van der Waals surface area (Å²) in [6.07, 6.45) is -33.4. The monoisotopic (exact) mass is 810 g/mol. The topological polar surface area (TPSA) is 35.5 Å². The van der Waals surface area contributed by atoms with Crippen molar-refractivity contribution in [2.24, 2.45) is 0 Å². The van der Waals surface area contributed by atoms with Crippen LogP contribution in [0.25, 0.3) is 0 Å².